The van der Waals surface area contributed by atoms with Gasteiger partial charge in [0.2, 0.25) is 0 Å². The summed E-state index contributed by atoms with van der Waals surface area (Å²) in [5.41, 5.74) is 1.31. The zero-order valence-corrected chi connectivity index (χ0v) is 11.3. The molecule has 0 spiro atoms. The summed E-state index contributed by atoms with van der Waals surface area (Å²) in [6.07, 6.45) is 1.04. The zero-order valence-electron chi connectivity index (χ0n) is 11.3. The molecule has 3 rings (SSSR count). The number of aliphatic hydroxyl groups is 1. The van der Waals surface area contributed by atoms with E-state index in [-0.39, 0.29) is 12.0 Å². The quantitative estimate of drug-likeness (QED) is 0.758. The molecule has 1 aliphatic heterocycles. The first-order valence-electron chi connectivity index (χ1n) is 6.94. The molecule has 3 N–H and O–H groups in total. The van der Waals surface area contributed by atoms with Crippen molar-refractivity contribution in [2.45, 2.75) is 25.3 Å². The lowest BCUT2D eigenvalue weighted by atomic mass is 10.00. The Labute approximate surface area is 113 Å². The maximum atomic E-state index is 9.71. The molecule has 1 heterocycles. The van der Waals surface area contributed by atoms with Gasteiger partial charge in [-0.15, -0.1) is 0 Å². The Balaban J connectivity index is 1.60. The maximum absolute atomic E-state index is 9.71. The molecule has 0 bridgehead atoms. The third-order valence-electron chi connectivity index (χ3n) is 4.22. The van der Waals surface area contributed by atoms with Crippen molar-refractivity contribution < 1.29 is 5.11 Å². The van der Waals surface area contributed by atoms with Gasteiger partial charge in [-0.25, -0.2) is 0 Å². The Hall–Kier alpha value is -1.55. The fourth-order valence-corrected chi connectivity index (χ4v) is 2.85. The average Bonchev–Trinajstić information content (AvgIpc) is 3.04. The van der Waals surface area contributed by atoms with Gasteiger partial charge in [0.05, 0.1) is 13.2 Å². The van der Waals surface area contributed by atoms with E-state index in [4.69, 9.17) is 0 Å². The Morgan fingerprint density at radius 2 is 2.21 bits per heavy atom. The molecule has 1 saturated carbocycles. The molecule has 3 unspecified atom stereocenters. The SMILES string of the molecule is CC1CN=C(NCC2(CO)CC2c2ccccc2)N1. The Bertz CT molecular complexity index is 474. The summed E-state index contributed by atoms with van der Waals surface area (Å²) in [7, 11) is 0. The summed E-state index contributed by atoms with van der Waals surface area (Å²) >= 11 is 0. The van der Waals surface area contributed by atoms with Gasteiger partial charge in [-0.2, -0.15) is 0 Å². The normalized spacial score (nSPS) is 32.6. The number of hydrogen-bond acceptors (Lipinski definition) is 4. The minimum absolute atomic E-state index is 0.0165. The van der Waals surface area contributed by atoms with Crippen LogP contribution < -0.4 is 10.6 Å². The lowest BCUT2D eigenvalue weighted by molar-refractivity contribution is 0.207. The molecule has 1 fully saturated rings. The lowest BCUT2D eigenvalue weighted by Crippen LogP contribution is -2.41. The van der Waals surface area contributed by atoms with E-state index in [1.807, 2.05) is 6.07 Å². The van der Waals surface area contributed by atoms with E-state index in [2.05, 4.69) is 46.8 Å². The number of aliphatic imine (C=N–C) groups is 1. The van der Waals surface area contributed by atoms with Crippen LogP contribution in [0.15, 0.2) is 35.3 Å². The molecule has 4 heteroatoms. The minimum Gasteiger partial charge on any atom is -0.396 e. The van der Waals surface area contributed by atoms with E-state index in [0.29, 0.717) is 12.0 Å². The molecule has 1 aromatic carbocycles. The van der Waals surface area contributed by atoms with Crippen molar-refractivity contribution in [2.75, 3.05) is 19.7 Å². The van der Waals surface area contributed by atoms with Gasteiger partial charge < -0.3 is 15.7 Å². The van der Waals surface area contributed by atoms with Crippen LogP contribution in [0.5, 0.6) is 0 Å². The summed E-state index contributed by atoms with van der Waals surface area (Å²) in [6, 6.07) is 10.9. The standard InChI is InChI=1S/C15H21N3O/c1-11-8-16-14(18-11)17-9-15(10-19)7-13(15)12-5-3-2-4-6-12/h2-6,11,13,19H,7-10H2,1H3,(H2,16,17,18). The van der Waals surface area contributed by atoms with Gasteiger partial charge >= 0.3 is 0 Å². The molecule has 0 radical (unpaired) electrons. The zero-order chi connectivity index (χ0) is 13.3. The van der Waals surface area contributed by atoms with Crippen molar-refractivity contribution in [2.24, 2.45) is 10.4 Å². The van der Waals surface area contributed by atoms with Crippen LogP contribution in [-0.4, -0.2) is 36.8 Å². The smallest absolute Gasteiger partial charge is 0.191 e. The highest BCUT2D eigenvalue weighted by Gasteiger charge is 2.54. The Morgan fingerprint density at radius 3 is 2.84 bits per heavy atom. The van der Waals surface area contributed by atoms with Gasteiger partial charge in [0.25, 0.3) is 0 Å². The number of rotatable bonds is 4. The molecule has 3 atom stereocenters. The van der Waals surface area contributed by atoms with Crippen LogP contribution in [0.1, 0.15) is 24.8 Å². The molecule has 19 heavy (non-hydrogen) atoms. The van der Waals surface area contributed by atoms with Crippen molar-refractivity contribution in [3.63, 3.8) is 0 Å². The van der Waals surface area contributed by atoms with Gasteiger partial charge in [-0.05, 0) is 24.8 Å². The van der Waals surface area contributed by atoms with Crippen molar-refractivity contribution in [3.05, 3.63) is 35.9 Å². The van der Waals surface area contributed by atoms with Gasteiger partial charge in [0, 0.05) is 18.0 Å². The number of benzene rings is 1. The van der Waals surface area contributed by atoms with Crippen LogP contribution in [0.25, 0.3) is 0 Å². The van der Waals surface area contributed by atoms with Crippen molar-refractivity contribution in [1.82, 2.24) is 10.6 Å². The number of nitrogens with zero attached hydrogens (tertiary/aromatic N) is 1. The van der Waals surface area contributed by atoms with Crippen LogP contribution in [-0.2, 0) is 0 Å². The second-order valence-electron chi connectivity index (χ2n) is 5.78. The molecule has 102 valence electrons. The predicted octanol–water partition coefficient (Wildman–Crippen LogP) is 1.09. The van der Waals surface area contributed by atoms with Crippen molar-refractivity contribution in [1.29, 1.82) is 0 Å². The van der Waals surface area contributed by atoms with E-state index in [1.165, 1.54) is 5.56 Å². The number of aliphatic hydroxyl groups excluding tert-OH is 1. The first kappa shape index (κ1) is 12.5. The number of guanidine groups is 1. The largest absolute Gasteiger partial charge is 0.396 e. The van der Waals surface area contributed by atoms with E-state index < -0.39 is 0 Å². The summed E-state index contributed by atoms with van der Waals surface area (Å²) in [5.74, 6) is 1.34. The lowest BCUT2D eigenvalue weighted by Gasteiger charge is -2.17. The van der Waals surface area contributed by atoms with E-state index in [9.17, 15) is 5.11 Å². The second-order valence-corrected chi connectivity index (χ2v) is 5.78. The van der Waals surface area contributed by atoms with Gasteiger partial charge in [0.1, 0.15) is 0 Å². The molecule has 2 aliphatic rings. The van der Waals surface area contributed by atoms with Crippen LogP contribution in [0.4, 0.5) is 0 Å². The average molecular weight is 259 g/mol. The first-order valence-corrected chi connectivity index (χ1v) is 6.94. The topological polar surface area (TPSA) is 56.7 Å². The number of nitrogens with one attached hydrogen (secondary N) is 2. The molecule has 1 aromatic rings. The highest BCUT2D eigenvalue weighted by atomic mass is 16.3. The summed E-state index contributed by atoms with van der Waals surface area (Å²) in [5, 5.41) is 16.3. The van der Waals surface area contributed by atoms with Crippen LogP contribution in [0.3, 0.4) is 0 Å². The number of hydrogen-bond donors (Lipinski definition) is 3. The van der Waals surface area contributed by atoms with Gasteiger partial charge in [-0.1, -0.05) is 30.3 Å². The monoisotopic (exact) mass is 259 g/mol. The van der Waals surface area contributed by atoms with Gasteiger partial charge in [-0.3, -0.25) is 4.99 Å². The highest BCUT2D eigenvalue weighted by molar-refractivity contribution is 5.81. The van der Waals surface area contributed by atoms with Crippen LogP contribution in [0, 0.1) is 5.41 Å². The molecule has 0 aromatic heterocycles. The third-order valence-corrected chi connectivity index (χ3v) is 4.22. The molecule has 4 nitrogen and oxygen atoms in total. The Kier molecular flexibility index (Phi) is 3.19. The summed E-state index contributed by atoms with van der Waals surface area (Å²) in [4.78, 5) is 4.39. The predicted molar refractivity (Wildman–Crippen MR) is 76.2 cm³/mol. The van der Waals surface area contributed by atoms with E-state index >= 15 is 0 Å². The fourth-order valence-electron chi connectivity index (χ4n) is 2.85. The fraction of sp³-hybridized carbons (Fsp3) is 0.533. The highest BCUT2D eigenvalue weighted by Crippen LogP contribution is 2.58. The summed E-state index contributed by atoms with van der Waals surface area (Å²) in [6.45, 7) is 3.95. The minimum atomic E-state index is -0.0165. The van der Waals surface area contributed by atoms with Crippen LogP contribution in [0.2, 0.25) is 0 Å². The molecular formula is C15H21N3O. The molecule has 0 saturated heterocycles. The van der Waals surface area contributed by atoms with Gasteiger partial charge in [0.15, 0.2) is 5.96 Å². The third kappa shape index (κ3) is 2.45. The maximum Gasteiger partial charge on any atom is 0.191 e. The Morgan fingerprint density at radius 1 is 1.42 bits per heavy atom. The molecule has 1 aliphatic carbocycles. The second kappa shape index (κ2) is 4.85. The van der Waals surface area contributed by atoms with Crippen molar-refractivity contribution in [3.8, 4) is 0 Å². The van der Waals surface area contributed by atoms with E-state index in [0.717, 1.165) is 25.5 Å². The molecule has 0 amide bonds. The molecular weight excluding hydrogens is 238 g/mol. The van der Waals surface area contributed by atoms with Crippen LogP contribution >= 0.6 is 0 Å². The first-order chi connectivity index (χ1) is 9.23. The van der Waals surface area contributed by atoms with E-state index in [1.54, 1.807) is 0 Å². The summed E-state index contributed by atoms with van der Waals surface area (Å²) < 4.78 is 0. The van der Waals surface area contributed by atoms with Crippen molar-refractivity contribution >= 4 is 5.96 Å².